The molecule has 0 aromatic heterocycles. The highest BCUT2D eigenvalue weighted by Gasteiger charge is 2.38. The first-order valence-corrected chi connectivity index (χ1v) is 14.2. The van der Waals surface area contributed by atoms with Crippen molar-refractivity contribution in [3.05, 3.63) is 22.3 Å². The van der Waals surface area contributed by atoms with Crippen LogP contribution in [0.3, 0.4) is 0 Å². The molecule has 2 saturated carbocycles. The molecule has 0 radical (unpaired) electrons. The van der Waals surface area contributed by atoms with E-state index in [9.17, 15) is 19.2 Å². The lowest BCUT2D eigenvalue weighted by Crippen LogP contribution is -2.30. The van der Waals surface area contributed by atoms with E-state index in [0.29, 0.717) is 36.2 Å². The molecule has 0 spiro atoms. The maximum atomic E-state index is 12.0. The zero-order valence-corrected chi connectivity index (χ0v) is 23.4. The number of esters is 2. The van der Waals surface area contributed by atoms with Crippen LogP contribution >= 0.6 is 0 Å². The van der Waals surface area contributed by atoms with Crippen molar-refractivity contribution in [3.8, 4) is 0 Å². The van der Waals surface area contributed by atoms with Crippen LogP contribution in [0.2, 0.25) is 0 Å². The minimum Gasteiger partial charge on any atom is -0.463 e. The number of carbonyl (C=O) groups excluding carboxylic acids is 4. The molecule has 0 aromatic rings. The van der Waals surface area contributed by atoms with Crippen LogP contribution < -0.4 is 0 Å². The fourth-order valence-corrected chi connectivity index (χ4v) is 5.47. The Kier molecular flexibility index (Phi) is 11.7. The second kappa shape index (κ2) is 14.7. The minimum atomic E-state index is -0.340. The molecule has 4 rings (SSSR count). The van der Waals surface area contributed by atoms with Crippen LogP contribution in [0.4, 0.5) is 0 Å². The van der Waals surface area contributed by atoms with Gasteiger partial charge in [-0.15, -0.1) is 0 Å². The zero-order chi connectivity index (χ0) is 27.7. The van der Waals surface area contributed by atoms with Crippen molar-refractivity contribution in [3.63, 3.8) is 0 Å². The molecule has 38 heavy (non-hydrogen) atoms. The molecule has 8 nitrogen and oxygen atoms in total. The van der Waals surface area contributed by atoms with Gasteiger partial charge < -0.3 is 28.5 Å². The van der Waals surface area contributed by atoms with Gasteiger partial charge in [0.05, 0.1) is 37.6 Å². The van der Waals surface area contributed by atoms with Crippen LogP contribution in [0, 0.1) is 11.8 Å². The molecule has 2 heterocycles. The molecule has 0 bridgehead atoms. The van der Waals surface area contributed by atoms with Gasteiger partial charge in [0.1, 0.15) is 12.6 Å². The number of carbonyl (C=O) groups is 4. The van der Waals surface area contributed by atoms with Crippen molar-refractivity contribution in [1.82, 2.24) is 0 Å². The summed E-state index contributed by atoms with van der Waals surface area (Å²) in [6.07, 6.45) is 10.4. The highest BCUT2D eigenvalue weighted by atomic mass is 16.5. The Hall–Kier alpha value is -2.32. The maximum absolute atomic E-state index is 12.0. The Labute approximate surface area is 226 Å². The predicted octanol–water partition coefficient (Wildman–Crippen LogP) is 4.83. The monoisotopic (exact) mass is 532 g/mol. The van der Waals surface area contributed by atoms with E-state index in [2.05, 4.69) is 0 Å². The van der Waals surface area contributed by atoms with E-state index in [1.807, 2.05) is 13.8 Å². The smallest absolute Gasteiger partial charge is 0.334 e. The lowest BCUT2D eigenvalue weighted by molar-refractivity contribution is -0.140. The van der Waals surface area contributed by atoms with E-state index < -0.39 is 0 Å². The van der Waals surface area contributed by atoms with E-state index in [1.54, 1.807) is 13.8 Å². The number of rotatable bonds is 10. The molecule has 0 N–H and O–H groups in total. The van der Waals surface area contributed by atoms with E-state index in [0.717, 1.165) is 49.4 Å². The zero-order valence-electron chi connectivity index (χ0n) is 23.4. The predicted molar refractivity (Wildman–Crippen MR) is 141 cm³/mol. The summed E-state index contributed by atoms with van der Waals surface area (Å²) < 4.78 is 22.0. The quantitative estimate of drug-likeness (QED) is 0.224. The maximum Gasteiger partial charge on any atom is 0.334 e. The second-order valence-electron chi connectivity index (χ2n) is 10.8. The summed E-state index contributed by atoms with van der Waals surface area (Å²) in [7, 11) is 0. The van der Waals surface area contributed by atoms with Crippen molar-refractivity contribution in [2.45, 2.75) is 116 Å². The third-order valence-electron chi connectivity index (χ3n) is 7.54. The summed E-state index contributed by atoms with van der Waals surface area (Å²) in [6, 6.07) is 0. The molecule has 4 aliphatic rings. The van der Waals surface area contributed by atoms with Gasteiger partial charge in [-0.1, -0.05) is 11.1 Å². The van der Waals surface area contributed by atoms with E-state index in [4.69, 9.17) is 18.9 Å². The van der Waals surface area contributed by atoms with E-state index in [1.165, 1.54) is 25.7 Å². The van der Waals surface area contributed by atoms with Crippen molar-refractivity contribution >= 4 is 24.5 Å². The molecule has 2 aliphatic carbocycles. The van der Waals surface area contributed by atoms with Crippen LogP contribution in [0.15, 0.2) is 22.3 Å². The van der Waals surface area contributed by atoms with Gasteiger partial charge in [-0.2, -0.15) is 0 Å². The molecule has 4 fully saturated rings. The Morgan fingerprint density at radius 2 is 1.08 bits per heavy atom. The van der Waals surface area contributed by atoms with Crippen molar-refractivity contribution in [2.24, 2.45) is 11.8 Å². The first-order valence-electron chi connectivity index (χ1n) is 14.2. The normalized spacial score (nSPS) is 29.8. The van der Waals surface area contributed by atoms with Crippen molar-refractivity contribution in [2.75, 3.05) is 13.2 Å². The first kappa shape index (κ1) is 30.2. The lowest BCUT2D eigenvalue weighted by atomic mass is 9.90. The van der Waals surface area contributed by atoms with Crippen LogP contribution in [0.1, 0.15) is 91.9 Å². The minimum absolute atomic E-state index is 0.116. The molecule has 8 heteroatoms. The highest BCUT2D eigenvalue weighted by Crippen LogP contribution is 2.42. The average Bonchev–Trinajstić information content (AvgIpc) is 3.78. The number of hydrogen-bond donors (Lipinski definition) is 0. The third-order valence-corrected chi connectivity index (χ3v) is 7.54. The molecular weight excluding hydrogens is 488 g/mol. The largest absolute Gasteiger partial charge is 0.463 e. The van der Waals surface area contributed by atoms with Gasteiger partial charge in [0.2, 0.25) is 0 Å². The van der Waals surface area contributed by atoms with E-state index in [-0.39, 0.29) is 49.2 Å². The summed E-state index contributed by atoms with van der Waals surface area (Å²) >= 11 is 0. The standard InChI is InChI=1S/2C15H22O4/c2*1-3-18-15(17)13(6-7-16)12-8-10(2)19-14(9-12)11-4-5-11/h2*7,10-11,14H,3-6,8-9H2,1-2H3/b13-12+;13-12-/t2*10-,14+/m00/s1. The Bertz CT molecular complexity index is 837. The molecule has 212 valence electrons. The molecular formula is C30H44O8. The van der Waals surface area contributed by atoms with Crippen LogP contribution in [0.25, 0.3) is 0 Å². The summed E-state index contributed by atoms with van der Waals surface area (Å²) in [5, 5.41) is 0. The summed E-state index contributed by atoms with van der Waals surface area (Å²) in [5.41, 5.74) is 3.22. The van der Waals surface area contributed by atoms with Crippen molar-refractivity contribution in [1.29, 1.82) is 0 Å². The topological polar surface area (TPSA) is 105 Å². The number of ether oxygens (including phenoxy) is 4. The van der Waals surface area contributed by atoms with Gasteiger partial charge in [-0.05, 0) is 90.9 Å². The van der Waals surface area contributed by atoms with Gasteiger partial charge in [0, 0.05) is 24.0 Å². The SMILES string of the molecule is CCOC(=O)/C(CC=O)=C1/C[C@H](C)O[C@@H](C2CC2)C1.CCOC(=O)/C(CC=O)=C1\C[C@H](C)O[C@@H](C2CC2)C1. The fourth-order valence-electron chi connectivity index (χ4n) is 5.47. The van der Waals surface area contributed by atoms with Gasteiger partial charge >= 0.3 is 11.9 Å². The molecule has 4 atom stereocenters. The Morgan fingerprint density at radius 1 is 0.711 bits per heavy atom. The molecule has 0 unspecified atom stereocenters. The van der Waals surface area contributed by atoms with Crippen LogP contribution in [0.5, 0.6) is 0 Å². The molecule has 0 amide bonds. The van der Waals surface area contributed by atoms with E-state index >= 15 is 0 Å². The second-order valence-corrected chi connectivity index (χ2v) is 10.8. The lowest BCUT2D eigenvalue weighted by Gasteiger charge is -2.31. The number of aldehydes is 2. The highest BCUT2D eigenvalue weighted by molar-refractivity contribution is 5.93. The fraction of sp³-hybridized carbons (Fsp3) is 0.733. The average molecular weight is 533 g/mol. The van der Waals surface area contributed by atoms with Crippen LogP contribution in [-0.2, 0) is 38.1 Å². The van der Waals surface area contributed by atoms with Crippen molar-refractivity contribution < 1.29 is 38.1 Å². The van der Waals surface area contributed by atoms with Crippen LogP contribution in [-0.4, -0.2) is 62.1 Å². The molecule has 0 aromatic carbocycles. The van der Waals surface area contributed by atoms with Gasteiger partial charge in [0.25, 0.3) is 0 Å². The summed E-state index contributed by atoms with van der Waals surface area (Å²) in [4.78, 5) is 45.5. The third kappa shape index (κ3) is 8.87. The Balaban J connectivity index is 0.000000211. The van der Waals surface area contributed by atoms with Gasteiger partial charge in [0.15, 0.2) is 0 Å². The van der Waals surface area contributed by atoms with Gasteiger partial charge in [-0.25, -0.2) is 9.59 Å². The number of hydrogen-bond acceptors (Lipinski definition) is 8. The first-order chi connectivity index (χ1) is 18.3. The molecule has 2 aliphatic heterocycles. The Morgan fingerprint density at radius 3 is 1.37 bits per heavy atom. The van der Waals surface area contributed by atoms with Gasteiger partial charge in [-0.3, -0.25) is 0 Å². The molecule has 2 saturated heterocycles. The summed E-state index contributed by atoms with van der Waals surface area (Å²) in [6.45, 7) is 8.29. The summed E-state index contributed by atoms with van der Waals surface area (Å²) in [5.74, 6) is 0.594.